The minimum Gasteiger partial charge on any atom is -0.455 e. The molecule has 0 fully saturated rings. The highest BCUT2D eigenvalue weighted by Gasteiger charge is 2.11. The topological polar surface area (TPSA) is 75.7 Å². The third kappa shape index (κ3) is 6.45. The van der Waals surface area contributed by atoms with Crippen molar-refractivity contribution in [2.45, 2.75) is 11.8 Å². The standard InChI is InChI=1S/C20H22N2O4S/c1-14-6-4-5-7-17(14)27-13-19(24)26-12-18(23)21-16-10-8-15(9-11-16)20(25)22(2)3/h4-11H,12-13H2,1-3H3,(H,21,23). The number of ether oxygens (including phenoxy) is 1. The molecule has 27 heavy (non-hydrogen) atoms. The molecule has 0 bridgehead atoms. The van der Waals surface area contributed by atoms with E-state index < -0.39 is 11.9 Å². The fraction of sp³-hybridized carbons (Fsp3) is 0.250. The minimum atomic E-state index is -0.453. The van der Waals surface area contributed by atoms with Gasteiger partial charge in [-0.1, -0.05) is 18.2 Å². The van der Waals surface area contributed by atoms with Gasteiger partial charge >= 0.3 is 5.97 Å². The maximum absolute atomic E-state index is 11.9. The third-order valence-electron chi connectivity index (χ3n) is 3.63. The van der Waals surface area contributed by atoms with Crippen LogP contribution in [0.2, 0.25) is 0 Å². The Kier molecular flexibility index (Phi) is 7.43. The van der Waals surface area contributed by atoms with Crippen LogP contribution in [0.15, 0.2) is 53.4 Å². The molecule has 2 rings (SSSR count). The van der Waals surface area contributed by atoms with E-state index in [0.29, 0.717) is 11.3 Å². The average Bonchev–Trinajstić information content (AvgIpc) is 2.65. The first-order valence-electron chi connectivity index (χ1n) is 8.32. The number of amides is 2. The number of hydrogen-bond acceptors (Lipinski definition) is 5. The smallest absolute Gasteiger partial charge is 0.316 e. The first-order valence-corrected chi connectivity index (χ1v) is 9.31. The highest BCUT2D eigenvalue weighted by Crippen LogP contribution is 2.21. The summed E-state index contributed by atoms with van der Waals surface area (Å²) >= 11 is 1.38. The first-order chi connectivity index (χ1) is 12.9. The van der Waals surface area contributed by atoms with Gasteiger partial charge in [0, 0.05) is 30.2 Å². The number of carbonyl (C=O) groups is 3. The van der Waals surface area contributed by atoms with Crippen molar-refractivity contribution in [1.29, 1.82) is 0 Å². The number of benzene rings is 2. The molecule has 0 aliphatic heterocycles. The summed E-state index contributed by atoms with van der Waals surface area (Å²) < 4.78 is 5.00. The van der Waals surface area contributed by atoms with Crippen molar-refractivity contribution in [3.05, 3.63) is 59.7 Å². The van der Waals surface area contributed by atoms with Gasteiger partial charge < -0.3 is 15.0 Å². The highest BCUT2D eigenvalue weighted by molar-refractivity contribution is 8.00. The van der Waals surface area contributed by atoms with Crippen molar-refractivity contribution in [2.75, 3.05) is 31.8 Å². The maximum atomic E-state index is 11.9. The van der Waals surface area contributed by atoms with E-state index in [1.807, 2.05) is 31.2 Å². The first kappa shape index (κ1) is 20.5. The molecule has 7 heteroatoms. The van der Waals surface area contributed by atoms with Crippen molar-refractivity contribution in [2.24, 2.45) is 0 Å². The Hall–Kier alpha value is -2.80. The number of thioether (sulfide) groups is 1. The van der Waals surface area contributed by atoms with E-state index in [0.717, 1.165) is 10.5 Å². The van der Waals surface area contributed by atoms with Crippen LogP contribution in [0.4, 0.5) is 5.69 Å². The van der Waals surface area contributed by atoms with Crippen LogP contribution in [0.1, 0.15) is 15.9 Å². The van der Waals surface area contributed by atoms with Crippen molar-refractivity contribution in [3.63, 3.8) is 0 Å². The Balaban J connectivity index is 1.76. The van der Waals surface area contributed by atoms with Crippen molar-refractivity contribution >= 4 is 35.2 Å². The lowest BCUT2D eigenvalue weighted by Crippen LogP contribution is -2.22. The average molecular weight is 386 g/mol. The molecular formula is C20H22N2O4S. The minimum absolute atomic E-state index is 0.118. The molecule has 0 unspecified atom stereocenters. The molecule has 142 valence electrons. The number of nitrogens with zero attached hydrogens (tertiary/aromatic N) is 1. The monoisotopic (exact) mass is 386 g/mol. The molecule has 0 aliphatic rings. The van der Waals surface area contributed by atoms with Gasteiger partial charge in [-0.3, -0.25) is 14.4 Å². The largest absolute Gasteiger partial charge is 0.455 e. The molecule has 1 N–H and O–H groups in total. The van der Waals surface area contributed by atoms with E-state index in [2.05, 4.69) is 5.32 Å². The van der Waals surface area contributed by atoms with Gasteiger partial charge in [0.25, 0.3) is 11.8 Å². The fourth-order valence-corrected chi connectivity index (χ4v) is 3.02. The number of carbonyl (C=O) groups excluding carboxylic acids is 3. The van der Waals surface area contributed by atoms with Crippen LogP contribution < -0.4 is 5.32 Å². The molecule has 0 aromatic heterocycles. The maximum Gasteiger partial charge on any atom is 0.316 e. The van der Waals surface area contributed by atoms with Crippen LogP contribution in [0.25, 0.3) is 0 Å². The SMILES string of the molecule is Cc1ccccc1SCC(=O)OCC(=O)Nc1ccc(C(=O)N(C)C)cc1. The van der Waals surface area contributed by atoms with E-state index in [1.165, 1.54) is 16.7 Å². The lowest BCUT2D eigenvalue weighted by atomic mass is 10.2. The van der Waals surface area contributed by atoms with Gasteiger partial charge in [0.05, 0.1) is 5.75 Å². The van der Waals surface area contributed by atoms with Gasteiger partial charge in [0.15, 0.2) is 6.61 Å². The molecule has 6 nitrogen and oxygen atoms in total. The number of hydrogen-bond donors (Lipinski definition) is 1. The Morgan fingerprint density at radius 2 is 1.70 bits per heavy atom. The van der Waals surface area contributed by atoms with Gasteiger partial charge in [-0.15, -0.1) is 11.8 Å². The summed E-state index contributed by atoms with van der Waals surface area (Å²) in [4.78, 5) is 38.0. The molecule has 0 radical (unpaired) electrons. The van der Waals surface area contributed by atoms with Gasteiger partial charge in [0.2, 0.25) is 0 Å². The number of esters is 1. The van der Waals surface area contributed by atoms with Crippen LogP contribution in [-0.2, 0) is 14.3 Å². The molecule has 2 aromatic carbocycles. The molecule has 2 aromatic rings. The van der Waals surface area contributed by atoms with Crippen LogP contribution in [-0.4, -0.2) is 49.1 Å². The molecule has 0 saturated heterocycles. The summed E-state index contributed by atoms with van der Waals surface area (Å²) in [7, 11) is 3.34. The molecule has 0 saturated carbocycles. The Morgan fingerprint density at radius 1 is 1.04 bits per heavy atom. The summed E-state index contributed by atoms with van der Waals surface area (Å²) in [5.74, 6) is -0.867. The lowest BCUT2D eigenvalue weighted by molar-refractivity contribution is -0.144. The van der Waals surface area contributed by atoms with Crippen LogP contribution in [0.3, 0.4) is 0 Å². The van der Waals surface area contributed by atoms with Crippen LogP contribution in [0, 0.1) is 6.92 Å². The number of aryl methyl sites for hydroxylation is 1. The van der Waals surface area contributed by atoms with Gasteiger partial charge in [-0.2, -0.15) is 0 Å². The van der Waals surface area contributed by atoms with E-state index in [9.17, 15) is 14.4 Å². The van der Waals surface area contributed by atoms with E-state index in [-0.39, 0.29) is 18.3 Å². The molecule has 0 atom stereocenters. The van der Waals surface area contributed by atoms with Crippen molar-refractivity contribution in [3.8, 4) is 0 Å². The molecule has 0 spiro atoms. The Labute approximate surface area is 162 Å². The summed E-state index contributed by atoms with van der Waals surface area (Å²) in [5.41, 5.74) is 2.14. The predicted octanol–water partition coefficient (Wildman–Crippen LogP) is 2.97. The lowest BCUT2D eigenvalue weighted by Gasteiger charge is -2.11. The zero-order chi connectivity index (χ0) is 19.8. The van der Waals surface area contributed by atoms with Crippen LogP contribution in [0.5, 0.6) is 0 Å². The second-order valence-corrected chi connectivity index (χ2v) is 7.06. The summed E-state index contributed by atoms with van der Waals surface area (Å²) in [6, 6.07) is 14.3. The quantitative estimate of drug-likeness (QED) is 0.585. The highest BCUT2D eigenvalue weighted by atomic mass is 32.2. The second-order valence-electron chi connectivity index (χ2n) is 6.04. The molecular weight excluding hydrogens is 364 g/mol. The van der Waals surface area contributed by atoms with Crippen LogP contribution >= 0.6 is 11.8 Å². The Morgan fingerprint density at radius 3 is 2.33 bits per heavy atom. The van der Waals surface area contributed by atoms with Gasteiger partial charge in [0.1, 0.15) is 0 Å². The zero-order valence-electron chi connectivity index (χ0n) is 15.5. The van der Waals surface area contributed by atoms with E-state index >= 15 is 0 Å². The number of anilines is 1. The summed E-state index contributed by atoms with van der Waals surface area (Å²) in [5, 5.41) is 2.63. The van der Waals surface area contributed by atoms with E-state index in [4.69, 9.17) is 4.74 Å². The van der Waals surface area contributed by atoms with Crippen molar-refractivity contribution in [1.82, 2.24) is 4.90 Å². The van der Waals surface area contributed by atoms with Gasteiger partial charge in [-0.05, 0) is 42.8 Å². The summed E-state index contributed by atoms with van der Waals surface area (Å²) in [6.45, 7) is 1.62. The number of nitrogens with one attached hydrogen (secondary N) is 1. The predicted molar refractivity (Wildman–Crippen MR) is 106 cm³/mol. The molecule has 0 aliphatic carbocycles. The summed E-state index contributed by atoms with van der Waals surface area (Å²) in [6.07, 6.45) is 0. The molecule has 0 heterocycles. The van der Waals surface area contributed by atoms with E-state index in [1.54, 1.807) is 38.4 Å². The second kappa shape index (κ2) is 9.78. The van der Waals surface area contributed by atoms with Crippen molar-refractivity contribution < 1.29 is 19.1 Å². The fourth-order valence-electron chi connectivity index (χ4n) is 2.19. The van der Waals surface area contributed by atoms with Gasteiger partial charge in [-0.25, -0.2) is 0 Å². The Bertz CT molecular complexity index is 819. The normalized spacial score (nSPS) is 10.2. The molecule has 2 amide bonds. The third-order valence-corrected chi connectivity index (χ3v) is 4.77. The zero-order valence-corrected chi connectivity index (χ0v) is 16.3. The number of rotatable bonds is 7.